The lowest BCUT2D eigenvalue weighted by Gasteiger charge is -2.06. The average Bonchev–Trinajstić information content (AvgIpc) is 2.44. The van der Waals surface area contributed by atoms with E-state index in [1.54, 1.807) is 19.2 Å². The summed E-state index contributed by atoms with van der Waals surface area (Å²) in [6, 6.07) is 11.5. The van der Waals surface area contributed by atoms with Crippen molar-refractivity contribution in [1.82, 2.24) is 5.32 Å². The standard InChI is InChI=1S/C16H20N2O2/c1-12(19)10-17-8-9-18-11-15-14-5-3-2-4-13(14)6-7-16(15)20/h2-7,11-12,17,19-20H,8-10H2,1H3/t12-/m0/s1. The molecule has 0 aliphatic rings. The van der Waals surface area contributed by atoms with Crippen LogP contribution in [0.5, 0.6) is 5.75 Å². The second-order valence-electron chi connectivity index (χ2n) is 4.81. The van der Waals surface area contributed by atoms with Gasteiger partial charge in [0.05, 0.1) is 12.6 Å². The summed E-state index contributed by atoms with van der Waals surface area (Å²) in [5.74, 6) is 0.240. The van der Waals surface area contributed by atoms with Crippen molar-refractivity contribution in [3.05, 3.63) is 42.0 Å². The maximum Gasteiger partial charge on any atom is 0.124 e. The van der Waals surface area contributed by atoms with E-state index in [2.05, 4.69) is 10.3 Å². The highest BCUT2D eigenvalue weighted by Crippen LogP contribution is 2.25. The average molecular weight is 272 g/mol. The first-order valence-electron chi connectivity index (χ1n) is 6.78. The summed E-state index contributed by atoms with van der Waals surface area (Å²) in [6.07, 6.45) is 1.36. The molecule has 0 bridgehead atoms. The van der Waals surface area contributed by atoms with Crippen molar-refractivity contribution in [1.29, 1.82) is 0 Å². The van der Waals surface area contributed by atoms with E-state index in [1.165, 1.54) is 0 Å². The number of aromatic hydroxyl groups is 1. The monoisotopic (exact) mass is 272 g/mol. The van der Waals surface area contributed by atoms with E-state index in [0.29, 0.717) is 19.6 Å². The number of hydrogen-bond donors (Lipinski definition) is 3. The van der Waals surface area contributed by atoms with Crippen molar-refractivity contribution in [2.24, 2.45) is 4.99 Å². The molecule has 0 fully saturated rings. The number of rotatable bonds is 6. The second-order valence-corrected chi connectivity index (χ2v) is 4.81. The van der Waals surface area contributed by atoms with Crippen molar-refractivity contribution in [2.75, 3.05) is 19.6 Å². The number of aliphatic imine (C=N–C) groups is 1. The lowest BCUT2D eigenvalue weighted by molar-refractivity contribution is 0.192. The predicted octanol–water partition coefficient (Wildman–Crippen LogP) is 1.93. The largest absolute Gasteiger partial charge is 0.507 e. The summed E-state index contributed by atoms with van der Waals surface area (Å²) in [5, 5.41) is 24.2. The number of benzene rings is 2. The van der Waals surface area contributed by atoms with E-state index < -0.39 is 0 Å². The quantitative estimate of drug-likeness (QED) is 0.556. The maximum absolute atomic E-state index is 9.94. The number of aliphatic hydroxyl groups is 1. The maximum atomic E-state index is 9.94. The fourth-order valence-electron chi connectivity index (χ4n) is 2.03. The van der Waals surface area contributed by atoms with Gasteiger partial charge in [-0.1, -0.05) is 30.3 Å². The number of fused-ring (bicyclic) bond motifs is 1. The highest BCUT2D eigenvalue weighted by atomic mass is 16.3. The minimum absolute atomic E-state index is 0.240. The zero-order chi connectivity index (χ0) is 14.4. The number of phenols is 1. The molecule has 106 valence electrons. The summed E-state index contributed by atoms with van der Waals surface area (Å²) in [7, 11) is 0. The van der Waals surface area contributed by atoms with Crippen LogP contribution in [0.3, 0.4) is 0 Å². The number of nitrogens with one attached hydrogen (secondary N) is 1. The molecule has 0 aromatic heterocycles. The van der Waals surface area contributed by atoms with Crippen LogP contribution in [0.1, 0.15) is 12.5 Å². The molecule has 4 nitrogen and oxygen atoms in total. The minimum Gasteiger partial charge on any atom is -0.507 e. The number of hydrogen-bond acceptors (Lipinski definition) is 4. The van der Waals surface area contributed by atoms with Crippen LogP contribution in [0.4, 0.5) is 0 Å². The van der Waals surface area contributed by atoms with Crippen molar-refractivity contribution >= 4 is 17.0 Å². The molecular weight excluding hydrogens is 252 g/mol. The van der Waals surface area contributed by atoms with Crippen LogP contribution in [0, 0.1) is 0 Å². The summed E-state index contributed by atoms with van der Waals surface area (Å²) in [6.45, 7) is 3.61. The third-order valence-electron chi connectivity index (χ3n) is 3.03. The summed E-state index contributed by atoms with van der Waals surface area (Å²) >= 11 is 0. The fourth-order valence-corrected chi connectivity index (χ4v) is 2.03. The Morgan fingerprint density at radius 1 is 1.25 bits per heavy atom. The van der Waals surface area contributed by atoms with E-state index in [0.717, 1.165) is 16.3 Å². The van der Waals surface area contributed by atoms with Gasteiger partial charge in [-0.15, -0.1) is 0 Å². The molecular formula is C16H20N2O2. The molecule has 3 N–H and O–H groups in total. The summed E-state index contributed by atoms with van der Waals surface area (Å²) < 4.78 is 0. The van der Waals surface area contributed by atoms with Crippen LogP contribution in [-0.4, -0.2) is 42.2 Å². The third-order valence-corrected chi connectivity index (χ3v) is 3.03. The van der Waals surface area contributed by atoms with Crippen LogP contribution in [0.15, 0.2) is 41.4 Å². The summed E-state index contributed by atoms with van der Waals surface area (Å²) in [5.41, 5.74) is 0.749. The van der Waals surface area contributed by atoms with Gasteiger partial charge in [-0.25, -0.2) is 0 Å². The molecule has 0 heterocycles. The molecule has 2 rings (SSSR count). The van der Waals surface area contributed by atoms with Gasteiger partial charge in [-0.05, 0) is 23.8 Å². The first-order chi connectivity index (χ1) is 9.68. The first-order valence-corrected chi connectivity index (χ1v) is 6.78. The minimum atomic E-state index is -0.346. The van der Waals surface area contributed by atoms with E-state index >= 15 is 0 Å². The number of nitrogens with zero attached hydrogens (tertiary/aromatic N) is 1. The van der Waals surface area contributed by atoms with Crippen LogP contribution >= 0.6 is 0 Å². The Morgan fingerprint density at radius 2 is 2.05 bits per heavy atom. The fraction of sp³-hybridized carbons (Fsp3) is 0.312. The van der Waals surface area contributed by atoms with Gasteiger partial charge in [-0.2, -0.15) is 0 Å². The molecule has 0 saturated carbocycles. The van der Waals surface area contributed by atoms with Gasteiger partial charge >= 0.3 is 0 Å². The molecule has 20 heavy (non-hydrogen) atoms. The van der Waals surface area contributed by atoms with Gasteiger partial charge in [0.25, 0.3) is 0 Å². The Morgan fingerprint density at radius 3 is 2.85 bits per heavy atom. The van der Waals surface area contributed by atoms with Crippen molar-refractivity contribution in [2.45, 2.75) is 13.0 Å². The van der Waals surface area contributed by atoms with Gasteiger partial charge in [0.2, 0.25) is 0 Å². The van der Waals surface area contributed by atoms with Crippen LogP contribution in [0.2, 0.25) is 0 Å². The van der Waals surface area contributed by atoms with E-state index in [9.17, 15) is 5.11 Å². The molecule has 0 unspecified atom stereocenters. The molecule has 0 aliphatic heterocycles. The summed E-state index contributed by atoms with van der Waals surface area (Å²) in [4.78, 5) is 4.32. The zero-order valence-corrected chi connectivity index (χ0v) is 11.6. The molecule has 1 atom stereocenters. The Bertz CT molecular complexity index is 594. The van der Waals surface area contributed by atoms with E-state index in [4.69, 9.17) is 5.11 Å². The number of aliphatic hydroxyl groups excluding tert-OH is 1. The van der Waals surface area contributed by atoms with Gasteiger partial charge in [0.1, 0.15) is 5.75 Å². The highest BCUT2D eigenvalue weighted by molar-refractivity contribution is 6.02. The normalized spacial score (nSPS) is 13.1. The molecule has 0 saturated heterocycles. The topological polar surface area (TPSA) is 64.8 Å². The molecule has 0 radical (unpaired) electrons. The second kappa shape index (κ2) is 7.03. The molecule has 0 aliphatic carbocycles. The van der Waals surface area contributed by atoms with Crippen molar-refractivity contribution in [3.8, 4) is 5.75 Å². The van der Waals surface area contributed by atoms with Crippen molar-refractivity contribution in [3.63, 3.8) is 0 Å². The predicted molar refractivity (Wildman–Crippen MR) is 82.6 cm³/mol. The Labute approximate surface area is 118 Å². The Balaban J connectivity index is 2.03. The Kier molecular flexibility index (Phi) is 5.09. The zero-order valence-electron chi connectivity index (χ0n) is 11.6. The Hall–Kier alpha value is -1.91. The molecule has 0 spiro atoms. The first kappa shape index (κ1) is 14.5. The lowest BCUT2D eigenvalue weighted by Crippen LogP contribution is -2.26. The van der Waals surface area contributed by atoms with E-state index in [-0.39, 0.29) is 11.9 Å². The van der Waals surface area contributed by atoms with Gasteiger partial charge in [0.15, 0.2) is 0 Å². The van der Waals surface area contributed by atoms with Gasteiger partial charge < -0.3 is 15.5 Å². The highest BCUT2D eigenvalue weighted by Gasteiger charge is 2.03. The molecule has 2 aromatic carbocycles. The lowest BCUT2D eigenvalue weighted by atomic mass is 10.0. The van der Waals surface area contributed by atoms with Crippen molar-refractivity contribution < 1.29 is 10.2 Å². The van der Waals surface area contributed by atoms with Crippen LogP contribution in [-0.2, 0) is 0 Å². The third kappa shape index (κ3) is 3.79. The van der Waals surface area contributed by atoms with E-state index in [1.807, 2.05) is 30.3 Å². The van der Waals surface area contributed by atoms with Crippen LogP contribution < -0.4 is 5.32 Å². The van der Waals surface area contributed by atoms with Crippen LogP contribution in [0.25, 0.3) is 10.8 Å². The molecule has 2 aromatic rings. The van der Waals surface area contributed by atoms with Gasteiger partial charge in [0, 0.05) is 24.9 Å². The molecule has 0 amide bonds. The van der Waals surface area contributed by atoms with Gasteiger partial charge in [-0.3, -0.25) is 4.99 Å². The molecule has 4 heteroatoms. The SMILES string of the molecule is C[C@H](O)CNCCN=Cc1c(O)ccc2ccccc12. The smallest absolute Gasteiger partial charge is 0.124 e. The number of phenolic OH excluding ortho intramolecular Hbond substituents is 1.